The average Bonchev–Trinajstić information content (AvgIpc) is 2.75. The minimum absolute atomic E-state index is 0.0157. The van der Waals surface area contributed by atoms with Gasteiger partial charge >= 0.3 is 5.97 Å². The van der Waals surface area contributed by atoms with Crippen molar-refractivity contribution in [2.45, 2.75) is 32.6 Å². The fraction of sp³-hybridized carbons (Fsp3) is 0.292. The second-order valence-electron chi connectivity index (χ2n) is 7.44. The van der Waals surface area contributed by atoms with Crippen molar-refractivity contribution in [2.75, 3.05) is 18.9 Å². The summed E-state index contributed by atoms with van der Waals surface area (Å²) < 4.78 is 10.7. The number of nitrogens with two attached hydrogens (primary N) is 1. The van der Waals surface area contributed by atoms with Gasteiger partial charge in [-0.05, 0) is 32.6 Å². The molecule has 0 spiro atoms. The van der Waals surface area contributed by atoms with E-state index >= 15 is 0 Å². The van der Waals surface area contributed by atoms with Gasteiger partial charge in [-0.25, -0.2) is 4.79 Å². The fourth-order valence-electron chi connectivity index (χ4n) is 3.42. The molecular weight excluding hydrogens is 398 g/mol. The number of esters is 1. The maximum atomic E-state index is 12.9. The van der Waals surface area contributed by atoms with Gasteiger partial charge in [-0.3, -0.25) is 9.59 Å². The Kier molecular flexibility index (Phi) is 6.74. The molecule has 0 atom stereocenters. The highest BCUT2D eigenvalue weighted by atomic mass is 16.5. The Morgan fingerprint density at radius 1 is 1.00 bits per heavy atom. The minimum Gasteiger partial charge on any atom is -0.507 e. The molecule has 1 aliphatic carbocycles. The maximum absolute atomic E-state index is 12.9. The molecule has 0 fully saturated rings. The number of hydrogen-bond acceptors (Lipinski definition) is 7. The predicted molar refractivity (Wildman–Crippen MR) is 116 cm³/mol. The summed E-state index contributed by atoms with van der Waals surface area (Å²) in [7, 11) is 0. The van der Waals surface area contributed by atoms with Gasteiger partial charge in [0.1, 0.15) is 11.5 Å². The van der Waals surface area contributed by atoms with Crippen molar-refractivity contribution in [1.82, 2.24) is 0 Å². The maximum Gasteiger partial charge on any atom is 0.333 e. The van der Waals surface area contributed by atoms with E-state index in [1.807, 2.05) is 0 Å². The first-order valence-electron chi connectivity index (χ1n) is 10.1. The molecule has 3 rings (SSSR count). The van der Waals surface area contributed by atoms with E-state index in [-0.39, 0.29) is 45.4 Å². The molecule has 0 unspecified atom stereocenters. The molecule has 0 aromatic heterocycles. The lowest BCUT2D eigenvalue weighted by atomic mass is 9.82. The average molecular weight is 423 g/mol. The number of carbonyl (C=O) groups excluding carboxylic acids is 3. The molecule has 0 radical (unpaired) electrons. The van der Waals surface area contributed by atoms with E-state index in [4.69, 9.17) is 15.2 Å². The molecule has 31 heavy (non-hydrogen) atoms. The van der Waals surface area contributed by atoms with Crippen LogP contribution in [0.4, 0.5) is 5.69 Å². The van der Waals surface area contributed by atoms with Gasteiger partial charge in [0.05, 0.1) is 30.0 Å². The monoisotopic (exact) mass is 423 g/mol. The highest BCUT2D eigenvalue weighted by Crippen LogP contribution is 2.41. The molecule has 0 bridgehead atoms. The van der Waals surface area contributed by atoms with Crippen LogP contribution in [0.25, 0.3) is 0 Å². The molecule has 2 aromatic carbocycles. The van der Waals surface area contributed by atoms with Crippen LogP contribution in [0.3, 0.4) is 0 Å². The SMILES string of the molecule is C=C(C)C(=O)OCCCCCCOc1cc(O)c2c(c1N)C(=O)c1ccccc1C2=O. The van der Waals surface area contributed by atoms with Crippen molar-refractivity contribution in [3.8, 4) is 11.5 Å². The molecule has 1 aliphatic rings. The van der Waals surface area contributed by atoms with Crippen LogP contribution in [0, 0.1) is 0 Å². The third-order valence-electron chi connectivity index (χ3n) is 5.06. The molecule has 0 saturated heterocycles. The van der Waals surface area contributed by atoms with Gasteiger partial charge in [0.2, 0.25) is 0 Å². The Balaban J connectivity index is 1.59. The number of fused-ring (bicyclic) bond motifs is 2. The van der Waals surface area contributed by atoms with Crippen molar-refractivity contribution in [1.29, 1.82) is 0 Å². The summed E-state index contributed by atoms with van der Waals surface area (Å²) in [6.45, 7) is 5.80. The highest BCUT2D eigenvalue weighted by Gasteiger charge is 2.35. The van der Waals surface area contributed by atoms with E-state index in [0.29, 0.717) is 25.2 Å². The topological polar surface area (TPSA) is 116 Å². The van der Waals surface area contributed by atoms with E-state index < -0.39 is 11.6 Å². The van der Waals surface area contributed by atoms with Crippen LogP contribution >= 0.6 is 0 Å². The van der Waals surface area contributed by atoms with E-state index in [0.717, 1.165) is 19.3 Å². The van der Waals surface area contributed by atoms with Gasteiger partial charge in [-0.1, -0.05) is 30.8 Å². The third kappa shape index (κ3) is 4.60. The summed E-state index contributed by atoms with van der Waals surface area (Å²) in [6, 6.07) is 7.74. The zero-order chi connectivity index (χ0) is 22.5. The second kappa shape index (κ2) is 9.47. The van der Waals surface area contributed by atoms with Gasteiger partial charge in [-0.15, -0.1) is 0 Å². The summed E-state index contributed by atoms with van der Waals surface area (Å²) >= 11 is 0. The van der Waals surface area contributed by atoms with Crippen LogP contribution in [0.5, 0.6) is 11.5 Å². The Morgan fingerprint density at radius 2 is 1.58 bits per heavy atom. The first-order valence-corrected chi connectivity index (χ1v) is 10.1. The summed E-state index contributed by atoms with van der Waals surface area (Å²) in [5.41, 5.74) is 6.98. The number of phenols is 1. The van der Waals surface area contributed by atoms with Crippen molar-refractivity contribution in [2.24, 2.45) is 0 Å². The first-order chi connectivity index (χ1) is 14.8. The molecule has 0 aliphatic heterocycles. The van der Waals surface area contributed by atoms with Gasteiger partial charge in [0.15, 0.2) is 11.6 Å². The number of unbranched alkanes of at least 4 members (excludes halogenated alkanes) is 3. The van der Waals surface area contributed by atoms with Crippen LogP contribution in [0.15, 0.2) is 42.5 Å². The van der Waals surface area contributed by atoms with E-state index in [2.05, 4.69) is 6.58 Å². The van der Waals surface area contributed by atoms with Gasteiger partial charge in [-0.2, -0.15) is 0 Å². The molecule has 162 valence electrons. The van der Waals surface area contributed by atoms with Crippen LogP contribution in [0.1, 0.15) is 64.4 Å². The molecule has 0 saturated carbocycles. The molecule has 7 heteroatoms. The molecular formula is C24H25NO6. The molecule has 0 heterocycles. The number of aromatic hydroxyl groups is 1. The Labute approximate surface area is 180 Å². The number of rotatable bonds is 9. The van der Waals surface area contributed by atoms with Crippen molar-refractivity contribution < 1.29 is 29.0 Å². The Bertz CT molecular complexity index is 1060. The number of ketones is 2. The molecule has 0 amide bonds. The molecule has 2 aromatic rings. The van der Waals surface area contributed by atoms with Gasteiger partial charge in [0.25, 0.3) is 0 Å². The summed E-state index contributed by atoms with van der Waals surface area (Å²) in [5.74, 6) is -1.39. The third-order valence-corrected chi connectivity index (χ3v) is 5.06. The normalized spacial score (nSPS) is 12.2. The van der Waals surface area contributed by atoms with Crippen molar-refractivity contribution in [3.05, 3.63) is 64.7 Å². The van der Waals surface area contributed by atoms with E-state index in [1.54, 1.807) is 31.2 Å². The van der Waals surface area contributed by atoms with Gasteiger partial charge < -0.3 is 20.3 Å². The van der Waals surface area contributed by atoms with Gasteiger partial charge in [0, 0.05) is 22.8 Å². The zero-order valence-electron chi connectivity index (χ0n) is 17.4. The first kappa shape index (κ1) is 22.1. The predicted octanol–water partition coefficient (Wildman–Crippen LogP) is 3.81. The fourth-order valence-corrected chi connectivity index (χ4v) is 3.42. The standard InChI is InChI=1S/C24H25NO6/c1-14(2)24(29)31-12-8-4-3-7-11-30-18-13-17(26)19-20(21(18)25)23(28)16-10-6-5-9-15(16)22(19)27/h5-6,9-10,13,26H,1,3-4,7-8,11-12,25H2,2H3. The smallest absolute Gasteiger partial charge is 0.333 e. The largest absolute Gasteiger partial charge is 0.507 e. The van der Waals surface area contributed by atoms with E-state index in [9.17, 15) is 19.5 Å². The molecule has 7 nitrogen and oxygen atoms in total. The van der Waals surface area contributed by atoms with Crippen molar-refractivity contribution in [3.63, 3.8) is 0 Å². The lowest BCUT2D eigenvalue weighted by Crippen LogP contribution is -2.23. The lowest BCUT2D eigenvalue weighted by molar-refractivity contribution is -0.139. The van der Waals surface area contributed by atoms with Crippen LogP contribution < -0.4 is 10.5 Å². The quantitative estimate of drug-likeness (QED) is 0.177. The molecule has 3 N–H and O–H groups in total. The van der Waals surface area contributed by atoms with Crippen LogP contribution in [0.2, 0.25) is 0 Å². The van der Waals surface area contributed by atoms with Crippen LogP contribution in [-0.4, -0.2) is 35.9 Å². The minimum atomic E-state index is -0.437. The zero-order valence-corrected chi connectivity index (χ0v) is 17.4. The lowest BCUT2D eigenvalue weighted by Gasteiger charge is -2.21. The summed E-state index contributed by atoms with van der Waals surface area (Å²) in [4.78, 5) is 37.0. The number of nitrogen functional groups attached to an aromatic ring is 1. The van der Waals surface area contributed by atoms with Crippen LogP contribution in [-0.2, 0) is 9.53 Å². The summed E-state index contributed by atoms with van der Waals surface area (Å²) in [5, 5.41) is 10.4. The summed E-state index contributed by atoms with van der Waals surface area (Å²) in [6.07, 6.45) is 3.13. The van der Waals surface area contributed by atoms with Crippen molar-refractivity contribution >= 4 is 23.2 Å². The Hall–Kier alpha value is -3.61. The number of phenolic OH excluding ortho intramolecular Hbond substituents is 1. The number of carbonyl (C=O) groups is 3. The van der Waals surface area contributed by atoms with E-state index in [1.165, 1.54) is 6.07 Å². The number of anilines is 1. The second-order valence-corrected chi connectivity index (χ2v) is 7.44. The Morgan fingerprint density at radius 3 is 2.19 bits per heavy atom. The number of benzene rings is 2. The number of ether oxygens (including phenoxy) is 2. The highest BCUT2D eigenvalue weighted by molar-refractivity contribution is 6.31. The number of hydrogen-bond donors (Lipinski definition) is 2.